The average molecular weight is 1050 g/mol. The SMILES string of the molecule is c1ccc(-c2nc(-c3cccc(-n4c5ccccc5c5ccccc54)c3)nc(-c3ccc(-n4c5ccccc5c5ccc(-c6ccc7c(c6)c6ccccc6n7-c6ccccc6)cc54)c(-n4c5ccccc5c5ccccc54)c3)n2)cc1. The highest BCUT2D eigenvalue weighted by molar-refractivity contribution is 6.14. The van der Waals surface area contributed by atoms with Crippen LogP contribution in [0.5, 0.6) is 0 Å². The number of rotatable bonds is 8. The summed E-state index contributed by atoms with van der Waals surface area (Å²) < 4.78 is 9.61. The van der Waals surface area contributed by atoms with Crippen molar-refractivity contribution in [1.29, 1.82) is 0 Å². The summed E-state index contributed by atoms with van der Waals surface area (Å²) in [6, 6.07) is 102. The Bertz CT molecular complexity index is 5300. The van der Waals surface area contributed by atoms with E-state index in [9.17, 15) is 0 Å². The van der Waals surface area contributed by atoms with Gasteiger partial charge in [0.15, 0.2) is 17.5 Å². The zero-order chi connectivity index (χ0) is 53.8. The highest BCUT2D eigenvalue weighted by atomic mass is 15.1. The van der Waals surface area contributed by atoms with Crippen molar-refractivity contribution in [3.8, 4) is 68.0 Å². The molecular weight excluding hydrogens is 999 g/mol. The van der Waals surface area contributed by atoms with Gasteiger partial charge in [0.25, 0.3) is 0 Å². The molecule has 0 bridgehead atoms. The van der Waals surface area contributed by atoms with Crippen LogP contribution in [0.1, 0.15) is 0 Å². The third kappa shape index (κ3) is 7.06. The van der Waals surface area contributed by atoms with Crippen LogP contribution in [0, 0.1) is 0 Å². The van der Waals surface area contributed by atoms with Crippen molar-refractivity contribution in [2.45, 2.75) is 0 Å². The summed E-state index contributed by atoms with van der Waals surface area (Å²) in [7, 11) is 0. The van der Waals surface area contributed by atoms with E-state index in [1.807, 2.05) is 18.2 Å². The predicted octanol–water partition coefficient (Wildman–Crippen LogP) is 18.9. The van der Waals surface area contributed by atoms with E-state index in [2.05, 4.69) is 285 Å². The molecule has 0 radical (unpaired) electrons. The van der Waals surface area contributed by atoms with Crippen LogP contribution in [-0.4, -0.2) is 33.2 Å². The molecule has 0 aliphatic carbocycles. The Kier molecular flexibility index (Phi) is 10.2. The molecule has 0 saturated heterocycles. The minimum absolute atomic E-state index is 0.577. The maximum atomic E-state index is 5.44. The first-order chi connectivity index (χ1) is 40.7. The summed E-state index contributed by atoms with van der Waals surface area (Å²) >= 11 is 0. The van der Waals surface area contributed by atoms with Crippen LogP contribution in [0.15, 0.2) is 285 Å². The molecule has 0 saturated carbocycles. The van der Waals surface area contributed by atoms with Crippen molar-refractivity contribution < 1.29 is 0 Å². The van der Waals surface area contributed by atoms with Crippen LogP contribution in [0.3, 0.4) is 0 Å². The molecule has 5 heterocycles. The fourth-order valence-electron chi connectivity index (χ4n) is 13.0. The molecule has 0 N–H and O–H groups in total. The number of hydrogen-bond donors (Lipinski definition) is 0. The summed E-state index contributed by atoms with van der Waals surface area (Å²) in [5.74, 6) is 1.77. The molecule has 0 spiro atoms. The van der Waals surface area contributed by atoms with Gasteiger partial charge in [-0.2, -0.15) is 0 Å². The van der Waals surface area contributed by atoms with Crippen molar-refractivity contribution in [3.05, 3.63) is 285 Å². The summed E-state index contributed by atoms with van der Waals surface area (Å²) in [4.78, 5) is 16.1. The lowest BCUT2D eigenvalue weighted by Gasteiger charge is -2.18. The monoisotopic (exact) mass is 1050 g/mol. The van der Waals surface area contributed by atoms with Gasteiger partial charge in [0.1, 0.15) is 0 Å². The summed E-state index contributed by atoms with van der Waals surface area (Å²) in [6.07, 6.45) is 0. The van der Waals surface area contributed by atoms with E-state index in [-0.39, 0.29) is 0 Å². The quantitative estimate of drug-likeness (QED) is 0.152. The molecule has 382 valence electrons. The van der Waals surface area contributed by atoms with Gasteiger partial charge < -0.3 is 18.3 Å². The van der Waals surface area contributed by atoms with Crippen molar-refractivity contribution in [2.75, 3.05) is 0 Å². The van der Waals surface area contributed by atoms with E-state index < -0.39 is 0 Å². The number of fused-ring (bicyclic) bond motifs is 12. The third-order valence-electron chi connectivity index (χ3n) is 16.6. The van der Waals surface area contributed by atoms with Crippen LogP contribution in [0.2, 0.25) is 0 Å². The number of nitrogens with zero attached hydrogens (tertiary/aromatic N) is 7. The maximum Gasteiger partial charge on any atom is 0.164 e. The van der Waals surface area contributed by atoms with Gasteiger partial charge in [0.05, 0.1) is 55.5 Å². The molecule has 0 fully saturated rings. The summed E-state index contributed by atoms with van der Waals surface area (Å²) in [5, 5.41) is 9.58. The molecule has 82 heavy (non-hydrogen) atoms. The van der Waals surface area contributed by atoms with Crippen molar-refractivity contribution >= 4 is 87.2 Å². The van der Waals surface area contributed by atoms with Gasteiger partial charge in [-0.05, 0) is 108 Å². The van der Waals surface area contributed by atoms with Crippen LogP contribution < -0.4 is 0 Å². The van der Waals surface area contributed by atoms with Crippen LogP contribution in [0.4, 0.5) is 0 Å². The van der Waals surface area contributed by atoms with Gasteiger partial charge in [-0.15, -0.1) is 0 Å². The van der Waals surface area contributed by atoms with E-state index in [4.69, 9.17) is 15.0 Å². The second-order valence-corrected chi connectivity index (χ2v) is 21.2. The number of para-hydroxylation sites is 7. The van der Waals surface area contributed by atoms with Gasteiger partial charge in [0.2, 0.25) is 0 Å². The van der Waals surface area contributed by atoms with E-state index >= 15 is 0 Å². The fraction of sp³-hybridized carbons (Fsp3) is 0. The maximum absolute atomic E-state index is 5.44. The Morgan fingerprint density at radius 1 is 0.183 bits per heavy atom. The molecule has 17 aromatic rings. The Labute approximate surface area is 471 Å². The molecule has 0 unspecified atom stereocenters. The lowest BCUT2D eigenvalue weighted by molar-refractivity contribution is 1.06. The lowest BCUT2D eigenvalue weighted by Crippen LogP contribution is -2.05. The highest BCUT2D eigenvalue weighted by Gasteiger charge is 2.23. The standard InChI is InChI=1S/C75H47N7/c1-3-20-48(21-4-1)73-76-74(51-22-19-25-54(44-51)80-63-32-13-7-26-55(63)56-27-8-14-33-64(56)80)78-75(77-73)52-40-43-70(72(47-52)81-66-35-16-9-28-57(66)58-29-10-17-36-67(58)81)82-68-37-18-11-30-59(68)61-41-38-50(46-71(61)82)49-39-42-69-62(45-49)60-31-12-15-34-65(60)79(69)53-23-5-2-6-24-53/h1-47H. The minimum Gasteiger partial charge on any atom is -0.309 e. The predicted molar refractivity (Wildman–Crippen MR) is 339 cm³/mol. The molecule has 0 atom stereocenters. The first-order valence-corrected chi connectivity index (χ1v) is 27.8. The van der Waals surface area contributed by atoms with E-state index in [0.29, 0.717) is 17.5 Å². The molecular formula is C75H47N7. The zero-order valence-corrected chi connectivity index (χ0v) is 44.3. The largest absolute Gasteiger partial charge is 0.309 e. The summed E-state index contributed by atoms with van der Waals surface area (Å²) in [6.45, 7) is 0. The zero-order valence-electron chi connectivity index (χ0n) is 44.3. The fourth-order valence-corrected chi connectivity index (χ4v) is 13.0. The number of hydrogen-bond acceptors (Lipinski definition) is 3. The van der Waals surface area contributed by atoms with Gasteiger partial charge in [-0.25, -0.2) is 15.0 Å². The van der Waals surface area contributed by atoms with Gasteiger partial charge in [0, 0.05) is 71.2 Å². The second-order valence-electron chi connectivity index (χ2n) is 21.2. The van der Waals surface area contributed by atoms with Gasteiger partial charge >= 0.3 is 0 Å². The first kappa shape index (κ1) is 45.8. The van der Waals surface area contributed by atoms with Crippen LogP contribution in [-0.2, 0) is 0 Å². The lowest BCUT2D eigenvalue weighted by atomic mass is 10.0. The van der Waals surface area contributed by atoms with E-state index in [1.54, 1.807) is 0 Å². The minimum atomic E-state index is 0.577. The van der Waals surface area contributed by atoms with Crippen molar-refractivity contribution in [2.24, 2.45) is 0 Å². The molecule has 12 aromatic carbocycles. The van der Waals surface area contributed by atoms with E-state index in [1.165, 1.54) is 54.1 Å². The second kappa shape index (κ2) is 18.2. The van der Waals surface area contributed by atoms with Crippen molar-refractivity contribution in [3.63, 3.8) is 0 Å². The normalized spacial score (nSPS) is 11.9. The topological polar surface area (TPSA) is 58.4 Å². The van der Waals surface area contributed by atoms with Crippen LogP contribution in [0.25, 0.3) is 155 Å². The Morgan fingerprint density at radius 2 is 0.549 bits per heavy atom. The molecule has 7 nitrogen and oxygen atoms in total. The van der Waals surface area contributed by atoms with Gasteiger partial charge in [-0.1, -0.05) is 188 Å². The number of aromatic nitrogens is 7. The number of benzene rings is 12. The van der Waals surface area contributed by atoms with Gasteiger partial charge in [-0.3, -0.25) is 0 Å². The Balaban J connectivity index is 0.889. The molecule has 5 aromatic heterocycles. The van der Waals surface area contributed by atoms with Crippen LogP contribution >= 0.6 is 0 Å². The summed E-state index contributed by atoms with van der Waals surface area (Å²) in [5.41, 5.74) is 18.2. The molecule has 0 amide bonds. The molecule has 7 heteroatoms. The highest BCUT2D eigenvalue weighted by Crippen LogP contribution is 2.43. The molecule has 0 aliphatic rings. The van der Waals surface area contributed by atoms with E-state index in [0.717, 1.165) is 83.7 Å². The molecule has 0 aliphatic heterocycles. The first-order valence-electron chi connectivity index (χ1n) is 27.8. The Morgan fingerprint density at radius 3 is 1.11 bits per heavy atom. The third-order valence-corrected chi connectivity index (χ3v) is 16.6. The molecule has 17 rings (SSSR count). The average Bonchev–Trinajstić information content (AvgIpc) is 4.42. The smallest absolute Gasteiger partial charge is 0.164 e. The Hall–Kier alpha value is -11.2. The van der Waals surface area contributed by atoms with Crippen molar-refractivity contribution in [1.82, 2.24) is 33.2 Å².